The van der Waals surface area contributed by atoms with E-state index in [0.717, 1.165) is 23.2 Å². The summed E-state index contributed by atoms with van der Waals surface area (Å²) in [4.78, 5) is 20.3. The summed E-state index contributed by atoms with van der Waals surface area (Å²) < 4.78 is 0. The predicted octanol–water partition coefficient (Wildman–Crippen LogP) is 2.85. The molecule has 1 aromatic carbocycles. The van der Waals surface area contributed by atoms with E-state index in [1.165, 1.54) is 0 Å². The number of aromatic nitrogens is 2. The molecular weight excluding hydrogens is 248 g/mol. The quantitative estimate of drug-likeness (QED) is 0.790. The van der Waals surface area contributed by atoms with Crippen molar-refractivity contribution in [2.75, 3.05) is 0 Å². The molecule has 0 radical (unpaired) electrons. The van der Waals surface area contributed by atoms with Crippen LogP contribution in [-0.4, -0.2) is 15.8 Å². The Bertz CT molecular complexity index is 625. The largest absolute Gasteiger partial charge is 0.299 e. The van der Waals surface area contributed by atoms with Crippen LogP contribution in [0.2, 0.25) is 5.02 Å². The molecule has 0 spiro atoms. The van der Waals surface area contributed by atoms with Crippen molar-refractivity contribution in [2.24, 2.45) is 0 Å². The number of ketones is 1. The lowest BCUT2D eigenvalue weighted by molar-refractivity contribution is -0.118. The highest BCUT2D eigenvalue weighted by atomic mass is 35.5. The number of fused-ring (bicyclic) bond motifs is 1. The van der Waals surface area contributed by atoms with Crippen molar-refractivity contribution >= 4 is 17.4 Å². The molecule has 90 valence electrons. The molecular formula is C14H11ClN2O. The van der Waals surface area contributed by atoms with Crippen LogP contribution in [-0.2, 0) is 17.6 Å². The van der Waals surface area contributed by atoms with Crippen LogP contribution in [0.3, 0.4) is 0 Å². The number of benzene rings is 1. The van der Waals surface area contributed by atoms with Crippen molar-refractivity contribution in [1.29, 1.82) is 0 Å². The van der Waals surface area contributed by atoms with Crippen LogP contribution < -0.4 is 0 Å². The molecule has 18 heavy (non-hydrogen) atoms. The van der Waals surface area contributed by atoms with Gasteiger partial charge in [-0.15, -0.1) is 0 Å². The summed E-state index contributed by atoms with van der Waals surface area (Å²) >= 11 is 5.95. The topological polar surface area (TPSA) is 42.9 Å². The zero-order chi connectivity index (χ0) is 12.5. The van der Waals surface area contributed by atoms with Crippen molar-refractivity contribution in [3.63, 3.8) is 0 Å². The summed E-state index contributed by atoms with van der Waals surface area (Å²) in [5.41, 5.74) is 2.82. The third-order valence-electron chi connectivity index (χ3n) is 3.07. The smallest absolute Gasteiger partial charge is 0.159 e. The van der Waals surface area contributed by atoms with Gasteiger partial charge in [-0.3, -0.25) is 4.79 Å². The molecule has 0 aliphatic heterocycles. The Morgan fingerprint density at radius 2 is 2.11 bits per heavy atom. The van der Waals surface area contributed by atoms with Crippen LogP contribution in [0.4, 0.5) is 0 Å². The van der Waals surface area contributed by atoms with E-state index in [2.05, 4.69) is 9.97 Å². The lowest BCUT2D eigenvalue weighted by Gasteiger charge is -2.14. The van der Waals surface area contributed by atoms with E-state index in [9.17, 15) is 4.79 Å². The van der Waals surface area contributed by atoms with Gasteiger partial charge in [-0.25, -0.2) is 9.97 Å². The van der Waals surface area contributed by atoms with Gasteiger partial charge in [-0.1, -0.05) is 23.7 Å². The lowest BCUT2D eigenvalue weighted by Crippen LogP contribution is -2.15. The Labute approximate surface area is 110 Å². The number of hydrogen-bond donors (Lipinski definition) is 0. The number of carbonyl (C=O) groups excluding carboxylic acids is 1. The highest BCUT2D eigenvalue weighted by Gasteiger charge is 2.18. The monoisotopic (exact) mass is 258 g/mol. The molecule has 1 aliphatic carbocycles. The van der Waals surface area contributed by atoms with Gasteiger partial charge in [0.1, 0.15) is 5.78 Å². The number of hydrogen-bond acceptors (Lipinski definition) is 3. The molecule has 0 atom stereocenters. The predicted molar refractivity (Wildman–Crippen MR) is 69.5 cm³/mol. The van der Waals surface area contributed by atoms with Crippen molar-refractivity contribution in [3.8, 4) is 11.4 Å². The summed E-state index contributed by atoms with van der Waals surface area (Å²) in [6.07, 6.45) is 3.60. The molecule has 1 aromatic heterocycles. The molecule has 0 amide bonds. The first-order chi connectivity index (χ1) is 8.72. The fourth-order valence-electron chi connectivity index (χ4n) is 2.12. The van der Waals surface area contributed by atoms with Crippen LogP contribution in [0, 0.1) is 0 Å². The lowest BCUT2D eigenvalue weighted by atomic mass is 9.96. The molecule has 2 aromatic rings. The highest BCUT2D eigenvalue weighted by Crippen LogP contribution is 2.22. The van der Waals surface area contributed by atoms with Crippen LogP contribution in [0.15, 0.2) is 30.5 Å². The van der Waals surface area contributed by atoms with E-state index in [1.54, 1.807) is 0 Å². The molecule has 4 heteroatoms. The van der Waals surface area contributed by atoms with Crippen molar-refractivity contribution in [3.05, 3.63) is 46.7 Å². The summed E-state index contributed by atoms with van der Waals surface area (Å²) in [6.45, 7) is 0. The van der Waals surface area contributed by atoms with Crippen LogP contribution in [0.1, 0.15) is 17.7 Å². The minimum Gasteiger partial charge on any atom is -0.299 e. The summed E-state index contributed by atoms with van der Waals surface area (Å²) in [6, 6.07) is 7.42. The fourth-order valence-corrected chi connectivity index (χ4v) is 2.31. The van der Waals surface area contributed by atoms with Crippen LogP contribution >= 0.6 is 11.6 Å². The standard InChI is InChI=1S/C14H11ClN2O/c15-11-3-1-2-9(6-11)14-16-8-10-4-5-12(18)7-13(10)17-14/h1-3,6,8H,4-5,7H2. The number of carbonyl (C=O) groups is 1. The second kappa shape index (κ2) is 4.50. The zero-order valence-electron chi connectivity index (χ0n) is 9.69. The maximum atomic E-state index is 11.4. The second-order valence-corrected chi connectivity index (χ2v) is 4.83. The first kappa shape index (κ1) is 11.4. The van der Waals surface area contributed by atoms with Crippen molar-refractivity contribution in [2.45, 2.75) is 19.3 Å². The van der Waals surface area contributed by atoms with Gasteiger partial charge < -0.3 is 0 Å². The van der Waals surface area contributed by atoms with Gasteiger partial charge in [0, 0.05) is 29.6 Å². The zero-order valence-corrected chi connectivity index (χ0v) is 10.4. The van der Waals surface area contributed by atoms with Crippen molar-refractivity contribution in [1.82, 2.24) is 9.97 Å². The maximum Gasteiger partial charge on any atom is 0.159 e. The molecule has 0 saturated carbocycles. The first-order valence-corrected chi connectivity index (χ1v) is 6.22. The van der Waals surface area contributed by atoms with Gasteiger partial charge in [-0.05, 0) is 24.1 Å². The average molecular weight is 259 g/mol. The van der Waals surface area contributed by atoms with Gasteiger partial charge in [-0.2, -0.15) is 0 Å². The Balaban J connectivity index is 2.04. The summed E-state index contributed by atoms with van der Waals surface area (Å²) in [5.74, 6) is 0.879. The van der Waals surface area contributed by atoms with Gasteiger partial charge in [0.2, 0.25) is 0 Å². The minimum absolute atomic E-state index is 0.248. The van der Waals surface area contributed by atoms with Crippen LogP contribution in [0.25, 0.3) is 11.4 Å². The Hall–Kier alpha value is -1.74. The van der Waals surface area contributed by atoms with Gasteiger partial charge >= 0.3 is 0 Å². The van der Waals surface area contributed by atoms with E-state index in [4.69, 9.17) is 11.6 Å². The Kier molecular flexibility index (Phi) is 2.84. The first-order valence-electron chi connectivity index (χ1n) is 5.85. The SMILES string of the molecule is O=C1CCc2cnc(-c3cccc(Cl)c3)nc2C1. The van der Waals surface area contributed by atoms with E-state index in [0.29, 0.717) is 23.7 Å². The molecule has 0 N–H and O–H groups in total. The van der Waals surface area contributed by atoms with E-state index in [-0.39, 0.29) is 5.78 Å². The molecule has 3 nitrogen and oxygen atoms in total. The average Bonchev–Trinajstić information content (AvgIpc) is 2.38. The van der Waals surface area contributed by atoms with Gasteiger partial charge in [0.25, 0.3) is 0 Å². The molecule has 0 saturated heterocycles. The number of Topliss-reactive ketones (excluding diaryl/α,β-unsaturated/α-hetero) is 1. The van der Waals surface area contributed by atoms with E-state index < -0.39 is 0 Å². The molecule has 1 aliphatic rings. The Morgan fingerprint density at radius 3 is 2.94 bits per heavy atom. The second-order valence-electron chi connectivity index (χ2n) is 4.39. The minimum atomic E-state index is 0.248. The molecule has 0 unspecified atom stereocenters. The maximum absolute atomic E-state index is 11.4. The third kappa shape index (κ3) is 2.14. The van der Waals surface area contributed by atoms with Crippen molar-refractivity contribution < 1.29 is 4.79 Å². The fraction of sp³-hybridized carbons (Fsp3) is 0.214. The summed E-state index contributed by atoms with van der Waals surface area (Å²) in [7, 11) is 0. The molecule has 3 rings (SSSR count). The summed E-state index contributed by atoms with van der Waals surface area (Å²) in [5, 5.41) is 0.657. The van der Waals surface area contributed by atoms with Gasteiger partial charge in [0.15, 0.2) is 5.82 Å². The third-order valence-corrected chi connectivity index (χ3v) is 3.31. The molecule has 0 bridgehead atoms. The normalized spacial score (nSPS) is 14.4. The number of aryl methyl sites for hydroxylation is 1. The number of halogens is 1. The van der Waals surface area contributed by atoms with Gasteiger partial charge in [0.05, 0.1) is 5.69 Å². The van der Waals surface area contributed by atoms with Crippen LogP contribution in [0.5, 0.6) is 0 Å². The number of rotatable bonds is 1. The Morgan fingerprint density at radius 1 is 1.22 bits per heavy atom. The highest BCUT2D eigenvalue weighted by molar-refractivity contribution is 6.30. The van der Waals surface area contributed by atoms with E-state index >= 15 is 0 Å². The number of nitrogens with zero attached hydrogens (tertiary/aromatic N) is 2. The van der Waals surface area contributed by atoms with E-state index in [1.807, 2.05) is 30.5 Å². The molecule has 1 heterocycles. The molecule has 0 fully saturated rings.